The Morgan fingerprint density at radius 1 is 1.53 bits per heavy atom. The van der Waals surface area contributed by atoms with E-state index in [1.807, 2.05) is 6.26 Å². The smallest absolute Gasteiger partial charge is 0.308 e. The normalized spacial score (nSPS) is 17.3. The Bertz CT molecular complexity index is 575. The Hall–Kier alpha value is -0.570. The van der Waals surface area contributed by atoms with Crippen LogP contribution in [-0.2, 0) is 21.2 Å². The fraction of sp³-hybridized carbons (Fsp3) is 0.545. The number of nitrogens with one attached hydrogen (secondary N) is 1. The molecule has 1 heterocycles. The van der Waals surface area contributed by atoms with Crippen LogP contribution in [0.4, 0.5) is 0 Å². The van der Waals surface area contributed by atoms with E-state index in [9.17, 15) is 13.2 Å². The van der Waals surface area contributed by atoms with Crippen molar-refractivity contribution in [2.24, 2.45) is 0 Å². The number of carboxylic acids is 1. The van der Waals surface area contributed by atoms with Gasteiger partial charge < -0.3 is 5.11 Å². The maximum Gasteiger partial charge on any atom is 0.308 e. The minimum Gasteiger partial charge on any atom is -0.481 e. The van der Waals surface area contributed by atoms with Crippen molar-refractivity contribution < 1.29 is 18.3 Å². The Kier molecular flexibility index (Phi) is 4.24. The number of thiophene rings is 1. The van der Waals surface area contributed by atoms with Crippen LogP contribution in [0.5, 0.6) is 0 Å². The lowest BCUT2D eigenvalue weighted by Gasteiger charge is -2.12. The summed E-state index contributed by atoms with van der Waals surface area (Å²) >= 11 is 2.70. The first-order valence-corrected chi connectivity index (χ1v) is 9.25. The van der Waals surface area contributed by atoms with Crippen LogP contribution in [0.1, 0.15) is 17.7 Å². The van der Waals surface area contributed by atoms with Crippen molar-refractivity contribution >= 4 is 39.1 Å². The SMILES string of the molecule is CSC1(CNS(=O)(=O)c2ccc(CC(=O)O)s2)CC1. The third-order valence-corrected chi connectivity index (χ3v) is 7.45. The second kappa shape index (κ2) is 5.43. The monoisotopic (exact) mass is 321 g/mol. The molecule has 0 bridgehead atoms. The molecule has 8 heteroatoms. The van der Waals surface area contributed by atoms with E-state index in [2.05, 4.69) is 4.72 Å². The van der Waals surface area contributed by atoms with E-state index < -0.39 is 16.0 Å². The van der Waals surface area contributed by atoms with Gasteiger partial charge in [0.15, 0.2) is 0 Å². The van der Waals surface area contributed by atoms with Crippen LogP contribution in [0.15, 0.2) is 16.3 Å². The maximum absolute atomic E-state index is 12.1. The van der Waals surface area contributed by atoms with Crippen molar-refractivity contribution in [3.63, 3.8) is 0 Å². The molecule has 0 spiro atoms. The summed E-state index contributed by atoms with van der Waals surface area (Å²) in [7, 11) is -3.52. The van der Waals surface area contributed by atoms with Crippen LogP contribution >= 0.6 is 23.1 Å². The lowest BCUT2D eigenvalue weighted by molar-refractivity contribution is -0.136. The van der Waals surface area contributed by atoms with Gasteiger partial charge in [-0.25, -0.2) is 13.1 Å². The first-order valence-electron chi connectivity index (χ1n) is 5.72. The van der Waals surface area contributed by atoms with Gasteiger partial charge in [0.2, 0.25) is 10.0 Å². The molecule has 1 aliphatic carbocycles. The lowest BCUT2D eigenvalue weighted by Crippen LogP contribution is -2.31. The summed E-state index contributed by atoms with van der Waals surface area (Å²) in [5.74, 6) is -0.960. The highest BCUT2D eigenvalue weighted by molar-refractivity contribution is 8.00. The Balaban J connectivity index is 2.02. The molecule has 1 aliphatic rings. The molecule has 1 aromatic rings. The summed E-state index contributed by atoms with van der Waals surface area (Å²) < 4.78 is 27.0. The van der Waals surface area contributed by atoms with Crippen molar-refractivity contribution in [1.29, 1.82) is 0 Å². The largest absolute Gasteiger partial charge is 0.481 e. The number of rotatable bonds is 7. The molecule has 5 nitrogen and oxygen atoms in total. The highest BCUT2D eigenvalue weighted by Gasteiger charge is 2.42. The van der Waals surface area contributed by atoms with Crippen molar-refractivity contribution in [2.45, 2.75) is 28.2 Å². The van der Waals surface area contributed by atoms with E-state index in [4.69, 9.17) is 5.11 Å². The van der Waals surface area contributed by atoms with E-state index in [0.29, 0.717) is 11.4 Å². The molecule has 2 N–H and O–H groups in total. The topological polar surface area (TPSA) is 83.5 Å². The molecule has 1 fully saturated rings. The lowest BCUT2D eigenvalue weighted by atomic mass is 10.3. The molecule has 106 valence electrons. The number of hydrogen-bond donors (Lipinski definition) is 2. The van der Waals surface area contributed by atoms with E-state index >= 15 is 0 Å². The van der Waals surface area contributed by atoms with Gasteiger partial charge in [0.1, 0.15) is 4.21 Å². The molecular weight excluding hydrogens is 306 g/mol. The highest BCUT2D eigenvalue weighted by atomic mass is 32.2. The number of hydrogen-bond acceptors (Lipinski definition) is 5. The van der Waals surface area contributed by atoms with E-state index in [-0.39, 0.29) is 15.4 Å². The molecule has 1 saturated carbocycles. The van der Waals surface area contributed by atoms with Gasteiger partial charge >= 0.3 is 5.97 Å². The number of aliphatic carboxylic acids is 1. The van der Waals surface area contributed by atoms with Crippen molar-refractivity contribution in [3.05, 3.63) is 17.0 Å². The molecule has 19 heavy (non-hydrogen) atoms. The van der Waals surface area contributed by atoms with Crippen molar-refractivity contribution in [2.75, 3.05) is 12.8 Å². The maximum atomic E-state index is 12.1. The fourth-order valence-corrected chi connectivity index (χ4v) is 4.97. The molecule has 0 unspecified atom stereocenters. The van der Waals surface area contributed by atoms with Crippen LogP contribution in [0, 0.1) is 0 Å². The van der Waals surface area contributed by atoms with Crippen molar-refractivity contribution in [1.82, 2.24) is 4.72 Å². The van der Waals surface area contributed by atoms with Gasteiger partial charge in [-0.1, -0.05) is 0 Å². The average Bonchev–Trinajstić information content (AvgIpc) is 2.98. The highest BCUT2D eigenvalue weighted by Crippen LogP contribution is 2.46. The van der Waals surface area contributed by atoms with Gasteiger partial charge in [-0.05, 0) is 31.2 Å². The predicted molar refractivity (Wildman–Crippen MR) is 76.3 cm³/mol. The van der Waals surface area contributed by atoms with E-state index in [1.54, 1.807) is 17.8 Å². The molecule has 0 aromatic carbocycles. The molecule has 0 atom stereocenters. The summed E-state index contributed by atoms with van der Waals surface area (Å²) in [6.07, 6.45) is 3.91. The Morgan fingerprint density at radius 3 is 2.74 bits per heavy atom. The number of carbonyl (C=O) groups is 1. The molecule has 0 aliphatic heterocycles. The standard InChI is InChI=1S/C11H15NO4S3/c1-17-11(4-5-11)7-12-19(15,16)10-3-2-8(18-10)6-9(13)14/h2-3,12H,4-7H2,1H3,(H,13,14). The van der Waals surface area contributed by atoms with Crippen LogP contribution in [0.3, 0.4) is 0 Å². The molecular formula is C11H15NO4S3. The molecule has 0 amide bonds. The minimum absolute atomic E-state index is 0.0637. The zero-order valence-corrected chi connectivity index (χ0v) is 12.8. The summed E-state index contributed by atoms with van der Waals surface area (Å²) in [6, 6.07) is 3.01. The van der Waals surface area contributed by atoms with Gasteiger partial charge in [-0.3, -0.25) is 4.79 Å². The second-order valence-corrected chi connectivity index (χ2v) is 8.94. The summed E-state index contributed by atoms with van der Waals surface area (Å²) in [4.78, 5) is 11.1. The third kappa shape index (κ3) is 3.71. The summed E-state index contributed by atoms with van der Waals surface area (Å²) in [6.45, 7) is 0.433. The number of thioether (sulfide) groups is 1. The van der Waals surface area contributed by atoms with Crippen LogP contribution in [0.25, 0.3) is 0 Å². The average molecular weight is 321 g/mol. The zero-order chi connectivity index (χ0) is 14.1. The molecule has 2 rings (SSSR count). The minimum atomic E-state index is -3.52. The zero-order valence-electron chi connectivity index (χ0n) is 10.4. The first kappa shape index (κ1) is 14.8. The Morgan fingerprint density at radius 2 is 2.21 bits per heavy atom. The summed E-state index contributed by atoms with van der Waals surface area (Å²) in [5.41, 5.74) is 0. The van der Waals surface area contributed by atoms with Crippen LogP contribution in [-0.4, -0.2) is 37.0 Å². The fourth-order valence-electron chi connectivity index (χ4n) is 1.64. The van der Waals surface area contributed by atoms with Gasteiger partial charge in [-0.15, -0.1) is 11.3 Å². The van der Waals surface area contributed by atoms with E-state index in [1.165, 1.54) is 6.07 Å². The molecule has 0 saturated heterocycles. The summed E-state index contributed by atoms with van der Waals surface area (Å²) in [5, 5.41) is 8.67. The quantitative estimate of drug-likeness (QED) is 0.796. The number of sulfonamides is 1. The molecule has 0 radical (unpaired) electrons. The van der Waals surface area contributed by atoms with Crippen molar-refractivity contribution in [3.8, 4) is 0 Å². The third-order valence-electron chi connectivity index (χ3n) is 3.05. The van der Waals surface area contributed by atoms with Crippen LogP contribution < -0.4 is 4.72 Å². The van der Waals surface area contributed by atoms with Gasteiger partial charge in [0.05, 0.1) is 6.42 Å². The van der Waals surface area contributed by atoms with Gasteiger partial charge in [0, 0.05) is 16.2 Å². The Labute approximate surface area is 120 Å². The van der Waals surface area contributed by atoms with Crippen LogP contribution in [0.2, 0.25) is 0 Å². The van der Waals surface area contributed by atoms with E-state index in [0.717, 1.165) is 24.2 Å². The van der Waals surface area contributed by atoms with Gasteiger partial charge in [0.25, 0.3) is 0 Å². The molecule has 1 aromatic heterocycles. The first-order chi connectivity index (χ1) is 8.87. The van der Waals surface area contributed by atoms with Gasteiger partial charge in [-0.2, -0.15) is 11.8 Å². The second-order valence-electron chi connectivity index (χ2n) is 4.50. The number of carboxylic acid groups (broad SMARTS) is 1. The predicted octanol–water partition coefficient (Wildman–Crippen LogP) is 1.55.